The standard InChI is InChI=1S/C33H55BN2O8/c1-20-17-33(6,42-10)25(16-28-29(37)26(35(7)8)15-21(2)44-28)22(3)30(38)32(4,5)31(39)43-19-27(36(9)18-20)23-11-13-24(14-12-23)34(40)41/h11-14,20-22,25-29,37,40-41H,15-19H2,1-10H3/t20-,21-,22-,25-,26+,27+,28+,29-,33-/m1/s1. The number of benzene rings is 1. The smallest absolute Gasteiger partial charge is 0.463 e. The predicted molar refractivity (Wildman–Crippen MR) is 170 cm³/mol. The monoisotopic (exact) mass is 618 g/mol. The van der Waals surface area contributed by atoms with Crippen molar-refractivity contribution < 1.29 is 39.0 Å². The number of ketones is 1. The van der Waals surface area contributed by atoms with Crippen LogP contribution >= 0.6 is 0 Å². The summed E-state index contributed by atoms with van der Waals surface area (Å²) in [5.74, 6) is -1.67. The minimum Gasteiger partial charge on any atom is -0.463 e. The van der Waals surface area contributed by atoms with Crippen LogP contribution in [0.3, 0.4) is 0 Å². The molecule has 2 fully saturated rings. The van der Waals surface area contributed by atoms with Gasteiger partial charge < -0.3 is 34.3 Å². The Kier molecular flexibility index (Phi) is 12.2. The number of nitrogens with zero attached hydrogens (tertiary/aromatic N) is 2. The van der Waals surface area contributed by atoms with Crippen molar-refractivity contribution in [2.24, 2.45) is 23.2 Å². The molecule has 0 unspecified atom stereocenters. The second-order valence-electron chi connectivity index (χ2n) is 14.3. The van der Waals surface area contributed by atoms with E-state index in [0.29, 0.717) is 31.3 Å². The van der Waals surface area contributed by atoms with Crippen LogP contribution in [0.2, 0.25) is 0 Å². The van der Waals surface area contributed by atoms with E-state index in [0.717, 1.165) is 5.56 Å². The maximum atomic E-state index is 14.2. The van der Waals surface area contributed by atoms with Crippen molar-refractivity contribution >= 4 is 24.3 Å². The molecule has 1 aromatic rings. The Bertz CT molecular complexity index is 1120. The zero-order valence-electron chi connectivity index (χ0n) is 28.3. The molecular weight excluding hydrogens is 563 g/mol. The summed E-state index contributed by atoms with van der Waals surface area (Å²) in [4.78, 5) is 32.0. The molecule has 2 aliphatic rings. The average molecular weight is 619 g/mol. The molecule has 0 aromatic heterocycles. The van der Waals surface area contributed by atoms with Crippen LogP contribution in [0.5, 0.6) is 0 Å². The quantitative estimate of drug-likeness (QED) is 0.248. The first-order valence-corrected chi connectivity index (χ1v) is 15.9. The van der Waals surface area contributed by atoms with Crippen LogP contribution in [0.1, 0.15) is 72.4 Å². The number of hydrogen-bond acceptors (Lipinski definition) is 10. The van der Waals surface area contributed by atoms with Crippen molar-refractivity contribution in [3.63, 3.8) is 0 Å². The summed E-state index contributed by atoms with van der Waals surface area (Å²) < 4.78 is 18.5. The lowest BCUT2D eigenvalue weighted by molar-refractivity contribution is -0.173. The fourth-order valence-corrected chi connectivity index (χ4v) is 7.42. The topological polar surface area (TPSA) is 129 Å². The lowest BCUT2D eigenvalue weighted by Gasteiger charge is -2.47. The summed E-state index contributed by atoms with van der Waals surface area (Å²) in [6.45, 7) is 12.0. The molecule has 248 valence electrons. The number of carbonyl (C=O) groups excluding carboxylic acids is 2. The normalized spacial score (nSPS) is 36.2. The van der Waals surface area contributed by atoms with Gasteiger partial charge in [-0.3, -0.25) is 14.5 Å². The highest BCUT2D eigenvalue weighted by molar-refractivity contribution is 6.58. The number of ether oxygens (including phenoxy) is 3. The molecule has 2 heterocycles. The van der Waals surface area contributed by atoms with Crippen LogP contribution in [-0.2, 0) is 23.8 Å². The minimum atomic E-state index is -1.58. The fraction of sp³-hybridized carbons (Fsp3) is 0.758. The Labute approximate surface area is 264 Å². The van der Waals surface area contributed by atoms with Crippen molar-refractivity contribution in [1.29, 1.82) is 0 Å². The van der Waals surface area contributed by atoms with Gasteiger partial charge in [0.05, 0.1) is 30.0 Å². The van der Waals surface area contributed by atoms with Gasteiger partial charge in [0.1, 0.15) is 12.0 Å². The molecule has 1 aromatic carbocycles. The second kappa shape index (κ2) is 14.7. The Morgan fingerprint density at radius 3 is 2.25 bits per heavy atom. The van der Waals surface area contributed by atoms with Crippen LogP contribution < -0.4 is 5.46 Å². The maximum Gasteiger partial charge on any atom is 0.488 e. The predicted octanol–water partition coefficient (Wildman–Crippen LogP) is 2.03. The van der Waals surface area contributed by atoms with Crippen molar-refractivity contribution in [2.45, 2.75) is 96.8 Å². The molecule has 0 radical (unpaired) electrons. The van der Waals surface area contributed by atoms with Gasteiger partial charge in [-0.25, -0.2) is 0 Å². The van der Waals surface area contributed by atoms with Crippen LogP contribution in [0.25, 0.3) is 0 Å². The van der Waals surface area contributed by atoms with E-state index in [-0.39, 0.29) is 42.4 Å². The van der Waals surface area contributed by atoms with Crippen LogP contribution in [0.4, 0.5) is 0 Å². The molecule has 0 amide bonds. The van der Waals surface area contributed by atoms with E-state index in [1.54, 1.807) is 45.2 Å². The fourth-order valence-electron chi connectivity index (χ4n) is 7.42. The SMILES string of the molecule is CO[C@]1(C)C[C@@H](C)CN(C)[C@H](c2ccc(B(O)O)cc2)COC(=O)C(C)(C)C(=O)[C@H](C)[C@H]1C[C@@H]1O[C@H](C)C[C@H](N(C)C)[C@H]1O. The Morgan fingerprint density at radius 2 is 1.70 bits per heavy atom. The lowest BCUT2D eigenvalue weighted by Crippen LogP contribution is -2.56. The highest BCUT2D eigenvalue weighted by atomic mass is 16.5. The van der Waals surface area contributed by atoms with E-state index in [2.05, 4.69) is 11.8 Å². The molecule has 2 aliphatic heterocycles. The van der Waals surface area contributed by atoms with Gasteiger partial charge in [0.25, 0.3) is 0 Å². The summed E-state index contributed by atoms with van der Waals surface area (Å²) in [5.41, 5.74) is -0.974. The van der Waals surface area contributed by atoms with E-state index >= 15 is 0 Å². The highest BCUT2D eigenvalue weighted by Crippen LogP contribution is 2.43. The van der Waals surface area contributed by atoms with E-state index in [4.69, 9.17) is 14.2 Å². The maximum absolute atomic E-state index is 14.2. The van der Waals surface area contributed by atoms with Crippen molar-refractivity contribution in [1.82, 2.24) is 9.80 Å². The van der Waals surface area contributed by atoms with Gasteiger partial charge in [0.15, 0.2) is 5.78 Å². The Hall–Kier alpha value is -1.86. The number of aliphatic hydroxyl groups excluding tert-OH is 1. The number of carbonyl (C=O) groups is 2. The number of likely N-dealkylation sites (N-methyl/N-ethyl adjacent to an activating group) is 2. The molecular formula is C33H55BN2O8. The molecule has 2 saturated heterocycles. The Balaban J connectivity index is 2.02. The third kappa shape index (κ3) is 8.10. The van der Waals surface area contributed by atoms with E-state index in [9.17, 15) is 24.7 Å². The number of hydrogen-bond donors (Lipinski definition) is 3. The van der Waals surface area contributed by atoms with Gasteiger partial charge in [-0.05, 0) is 91.0 Å². The highest BCUT2D eigenvalue weighted by Gasteiger charge is 2.50. The minimum absolute atomic E-state index is 0.0328. The Morgan fingerprint density at radius 1 is 1.09 bits per heavy atom. The second-order valence-corrected chi connectivity index (χ2v) is 14.3. The molecule has 10 nitrogen and oxygen atoms in total. The van der Waals surface area contributed by atoms with E-state index < -0.39 is 42.2 Å². The van der Waals surface area contributed by atoms with Gasteiger partial charge in [-0.2, -0.15) is 0 Å². The largest absolute Gasteiger partial charge is 0.488 e. The third-order valence-corrected chi connectivity index (χ3v) is 10.2. The zero-order chi connectivity index (χ0) is 33.1. The first-order valence-electron chi connectivity index (χ1n) is 15.9. The number of Topliss-reactive ketones (excluding diaryl/α,β-unsaturated/α-hetero) is 1. The van der Waals surface area contributed by atoms with Gasteiger partial charge in [0.2, 0.25) is 0 Å². The first-order chi connectivity index (χ1) is 20.4. The van der Waals surface area contributed by atoms with Crippen molar-refractivity contribution in [3.05, 3.63) is 29.8 Å². The summed E-state index contributed by atoms with van der Waals surface area (Å²) in [6.07, 6.45) is 0.425. The molecule has 0 bridgehead atoms. The summed E-state index contributed by atoms with van der Waals surface area (Å²) in [6, 6.07) is 6.49. The number of cyclic esters (lactones) is 1. The lowest BCUT2D eigenvalue weighted by atomic mass is 9.67. The molecule has 44 heavy (non-hydrogen) atoms. The van der Waals surface area contributed by atoms with E-state index in [1.807, 2.05) is 46.8 Å². The molecule has 3 rings (SSSR count). The van der Waals surface area contributed by atoms with Crippen LogP contribution in [0, 0.1) is 23.2 Å². The van der Waals surface area contributed by atoms with Crippen molar-refractivity contribution in [2.75, 3.05) is 41.4 Å². The molecule has 0 aliphatic carbocycles. The zero-order valence-corrected chi connectivity index (χ0v) is 28.3. The summed E-state index contributed by atoms with van der Waals surface area (Å²) in [7, 11) is 5.97. The van der Waals surface area contributed by atoms with Crippen molar-refractivity contribution in [3.8, 4) is 0 Å². The van der Waals surface area contributed by atoms with Gasteiger partial charge in [-0.1, -0.05) is 38.1 Å². The van der Waals surface area contributed by atoms with Crippen LogP contribution in [0.15, 0.2) is 24.3 Å². The van der Waals surface area contributed by atoms with Gasteiger partial charge in [-0.15, -0.1) is 0 Å². The number of rotatable bonds is 6. The third-order valence-electron chi connectivity index (χ3n) is 10.2. The molecule has 9 atom stereocenters. The molecule has 11 heteroatoms. The number of aliphatic hydroxyl groups is 1. The number of esters is 1. The first kappa shape index (κ1) is 36.6. The average Bonchev–Trinajstić information content (AvgIpc) is 2.95. The van der Waals surface area contributed by atoms with Crippen LogP contribution in [-0.4, -0.2) is 115 Å². The summed E-state index contributed by atoms with van der Waals surface area (Å²) >= 11 is 0. The number of methoxy groups -OCH3 is 1. The summed E-state index contributed by atoms with van der Waals surface area (Å²) in [5, 5.41) is 30.5. The van der Waals surface area contributed by atoms with Gasteiger partial charge in [0, 0.05) is 25.6 Å². The molecule has 0 saturated carbocycles. The molecule has 3 N–H and O–H groups in total. The van der Waals surface area contributed by atoms with Gasteiger partial charge >= 0.3 is 13.1 Å². The van der Waals surface area contributed by atoms with E-state index in [1.165, 1.54) is 0 Å². The molecule has 0 spiro atoms.